The summed E-state index contributed by atoms with van der Waals surface area (Å²) in [7, 11) is 0. The van der Waals surface area contributed by atoms with Crippen LogP contribution in [0.5, 0.6) is 0 Å². The maximum Gasteiger partial charge on any atom is 0.315 e. The Morgan fingerprint density at radius 2 is 2.13 bits per heavy atom. The molecule has 2 N–H and O–H groups in total. The van der Waals surface area contributed by atoms with Gasteiger partial charge in [0.2, 0.25) is 0 Å². The fraction of sp³-hybridized carbons (Fsp3) is 0.467. The van der Waals surface area contributed by atoms with Crippen molar-refractivity contribution < 1.29 is 9.18 Å². The second-order valence-corrected chi connectivity index (χ2v) is 5.65. The van der Waals surface area contributed by atoms with Crippen molar-refractivity contribution in [1.29, 1.82) is 0 Å². The number of nitrogens with zero attached hydrogens (tertiary/aromatic N) is 4. The summed E-state index contributed by atoms with van der Waals surface area (Å²) in [5, 5.41) is 17.0. The van der Waals surface area contributed by atoms with Gasteiger partial charge in [-0.05, 0) is 41.5 Å². The largest absolute Gasteiger partial charge is 0.335 e. The van der Waals surface area contributed by atoms with E-state index in [2.05, 4.69) is 26.2 Å². The lowest BCUT2D eigenvalue weighted by molar-refractivity contribution is 0.232. The highest BCUT2D eigenvalue weighted by molar-refractivity contribution is 5.74. The van der Waals surface area contributed by atoms with E-state index >= 15 is 0 Å². The number of halogens is 1. The maximum absolute atomic E-state index is 13.3. The van der Waals surface area contributed by atoms with Crippen LogP contribution in [-0.4, -0.2) is 32.3 Å². The molecule has 0 unspecified atom stereocenters. The van der Waals surface area contributed by atoms with E-state index in [4.69, 9.17) is 0 Å². The van der Waals surface area contributed by atoms with Crippen molar-refractivity contribution >= 4 is 6.03 Å². The van der Waals surface area contributed by atoms with Gasteiger partial charge in [0.25, 0.3) is 0 Å². The summed E-state index contributed by atoms with van der Waals surface area (Å²) in [6.07, 6.45) is 5.59. The molecule has 2 amide bonds. The van der Waals surface area contributed by atoms with Crippen LogP contribution in [-0.2, 0) is 6.54 Å². The van der Waals surface area contributed by atoms with Crippen molar-refractivity contribution in [1.82, 2.24) is 30.8 Å². The highest BCUT2D eigenvalue weighted by atomic mass is 19.1. The minimum atomic E-state index is -0.369. The molecule has 0 aliphatic heterocycles. The third-order valence-electron chi connectivity index (χ3n) is 3.93. The molecule has 0 atom stereocenters. The minimum absolute atomic E-state index is 0.169. The lowest BCUT2D eigenvalue weighted by Gasteiger charge is -2.22. The molecule has 1 heterocycles. The zero-order valence-corrected chi connectivity index (χ0v) is 12.7. The predicted octanol–water partition coefficient (Wildman–Crippen LogP) is 1.93. The number of nitrogens with one attached hydrogen (secondary N) is 2. The standard InChI is InChI=1S/C15H19FN6O/c16-11-5-4-8-13(9-11)22-14(19-20-21-22)10-17-15(23)18-12-6-2-1-3-7-12/h4-5,8-9,12H,1-3,6-7,10H2,(H2,17,18,23). The van der Waals surface area contributed by atoms with Crippen LogP contribution in [0.2, 0.25) is 0 Å². The van der Waals surface area contributed by atoms with Crippen LogP contribution >= 0.6 is 0 Å². The molecule has 0 spiro atoms. The molecule has 0 radical (unpaired) electrons. The van der Waals surface area contributed by atoms with Gasteiger partial charge in [-0.2, -0.15) is 4.68 Å². The molecule has 2 aromatic rings. The average molecular weight is 318 g/mol. The van der Waals surface area contributed by atoms with Gasteiger partial charge in [0.05, 0.1) is 12.2 Å². The zero-order valence-electron chi connectivity index (χ0n) is 12.7. The normalized spacial score (nSPS) is 15.3. The molecule has 1 fully saturated rings. The van der Waals surface area contributed by atoms with E-state index in [1.165, 1.54) is 23.2 Å². The van der Waals surface area contributed by atoms with E-state index in [-0.39, 0.29) is 24.4 Å². The summed E-state index contributed by atoms with van der Waals surface area (Å²) in [4.78, 5) is 11.9. The Labute approximate surface area is 133 Å². The van der Waals surface area contributed by atoms with Gasteiger partial charge in [-0.25, -0.2) is 9.18 Å². The third-order valence-corrected chi connectivity index (χ3v) is 3.93. The smallest absolute Gasteiger partial charge is 0.315 e. The van der Waals surface area contributed by atoms with E-state index < -0.39 is 0 Å². The molecule has 7 nitrogen and oxygen atoms in total. The number of rotatable bonds is 4. The number of amides is 2. The summed E-state index contributed by atoms with van der Waals surface area (Å²) in [5.41, 5.74) is 0.513. The Morgan fingerprint density at radius 1 is 1.30 bits per heavy atom. The van der Waals surface area contributed by atoms with Crippen molar-refractivity contribution in [3.8, 4) is 5.69 Å². The number of hydrogen-bond donors (Lipinski definition) is 2. The van der Waals surface area contributed by atoms with Crippen LogP contribution in [0.25, 0.3) is 5.69 Å². The second-order valence-electron chi connectivity index (χ2n) is 5.65. The first-order valence-electron chi connectivity index (χ1n) is 7.80. The fourth-order valence-corrected chi connectivity index (χ4v) is 2.77. The molecular formula is C15H19FN6O. The first kappa shape index (κ1) is 15.4. The minimum Gasteiger partial charge on any atom is -0.335 e. The summed E-state index contributed by atoms with van der Waals surface area (Å²) in [6, 6.07) is 5.98. The van der Waals surface area contributed by atoms with Crippen LogP contribution in [0.4, 0.5) is 9.18 Å². The molecule has 1 aliphatic carbocycles. The number of aromatic nitrogens is 4. The summed E-state index contributed by atoms with van der Waals surface area (Å²) in [5.74, 6) is 0.0707. The lowest BCUT2D eigenvalue weighted by atomic mass is 9.96. The number of carbonyl (C=O) groups excluding carboxylic acids is 1. The van der Waals surface area contributed by atoms with Gasteiger partial charge in [0.1, 0.15) is 5.82 Å². The van der Waals surface area contributed by atoms with Crippen molar-refractivity contribution in [2.75, 3.05) is 0 Å². The molecule has 1 aromatic carbocycles. The third kappa shape index (κ3) is 4.02. The molecule has 0 saturated heterocycles. The second kappa shape index (κ2) is 7.17. The molecule has 23 heavy (non-hydrogen) atoms. The Balaban J connectivity index is 1.58. The van der Waals surface area contributed by atoms with Crippen molar-refractivity contribution in [2.24, 2.45) is 0 Å². The quantitative estimate of drug-likeness (QED) is 0.902. The number of carbonyl (C=O) groups is 1. The van der Waals surface area contributed by atoms with Gasteiger partial charge < -0.3 is 10.6 Å². The number of urea groups is 1. The van der Waals surface area contributed by atoms with Crippen LogP contribution in [0.15, 0.2) is 24.3 Å². The Kier molecular flexibility index (Phi) is 4.80. The molecule has 8 heteroatoms. The Bertz CT molecular complexity index is 667. The van der Waals surface area contributed by atoms with Gasteiger partial charge in [-0.15, -0.1) is 5.10 Å². The van der Waals surface area contributed by atoms with Crippen LogP contribution in [0.3, 0.4) is 0 Å². The summed E-state index contributed by atoms with van der Waals surface area (Å²) < 4.78 is 14.7. The van der Waals surface area contributed by atoms with E-state index in [1.54, 1.807) is 12.1 Å². The number of tetrazole rings is 1. The van der Waals surface area contributed by atoms with Gasteiger partial charge in [0.15, 0.2) is 5.82 Å². The average Bonchev–Trinajstić information content (AvgIpc) is 3.02. The zero-order chi connectivity index (χ0) is 16.1. The van der Waals surface area contributed by atoms with Gasteiger partial charge in [-0.1, -0.05) is 25.3 Å². The van der Waals surface area contributed by atoms with Crippen LogP contribution in [0.1, 0.15) is 37.9 Å². The fourth-order valence-electron chi connectivity index (χ4n) is 2.77. The molecule has 1 aliphatic rings. The highest BCUT2D eigenvalue weighted by Gasteiger charge is 2.16. The van der Waals surface area contributed by atoms with Crippen molar-refractivity contribution in [3.05, 3.63) is 35.9 Å². The molecule has 122 valence electrons. The first-order valence-corrected chi connectivity index (χ1v) is 7.80. The van der Waals surface area contributed by atoms with Gasteiger partial charge in [0, 0.05) is 6.04 Å². The maximum atomic E-state index is 13.3. The molecule has 1 aromatic heterocycles. The predicted molar refractivity (Wildman–Crippen MR) is 81.4 cm³/mol. The first-order chi connectivity index (χ1) is 11.2. The van der Waals surface area contributed by atoms with E-state index in [0.29, 0.717) is 11.5 Å². The van der Waals surface area contributed by atoms with E-state index in [0.717, 1.165) is 25.7 Å². The molecule has 1 saturated carbocycles. The van der Waals surface area contributed by atoms with E-state index in [9.17, 15) is 9.18 Å². The molecule has 3 rings (SSSR count). The topological polar surface area (TPSA) is 84.7 Å². The van der Waals surface area contributed by atoms with Crippen LogP contribution in [0, 0.1) is 5.82 Å². The van der Waals surface area contributed by atoms with Gasteiger partial charge >= 0.3 is 6.03 Å². The van der Waals surface area contributed by atoms with Crippen molar-refractivity contribution in [3.63, 3.8) is 0 Å². The van der Waals surface area contributed by atoms with Gasteiger partial charge in [-0.3, -0.25) is 0 Å². The number of hydrogen-bond acceptors (Lipinski definition) is 4. The molecular weight excluding hydrogens is 299 g/mol. The molecule has 0 bridgehead atoms. The summed E-state index contributed by atoms with van der Waals surface area (Å²) in [6.45, 7) is 0.169. The Hall–Kier alpha value is -2.51. The number of benzene rings is 1. The Morgan fingerprint density at radius 3 is 2.91 bits per heavy atom. The lowest BCUT2D eigenvalue weighted by Crippen LogP contribution is -2.42. The highest BCUT2D eigenvalue weighted by Crippen LogP contribution is 2.17. The van der Waals surface area contributed by atoms with Crippen molar-refractivity contribution in [2.45, 2.75) is 44.7 Å². The summed E-state index contributed by atoms with van der Waals surface area (Å²) >= 11 is 0. The van der Waals surface area contributed by atoms with Crippen LogP contribution < -0.4 is 10.6 Å². The SMILES string of the molecule is O=C(NCc1nnnn1-c1cccc(F)c1)NC1CCCCC1. The monoisotopic (exact) mass is 318 g/mol. The van der Waals surface area contributed by atoms with E-state index in [1.807, 2.05) is 0 Å².